The molecule has 3 nitrogen and oxygen atoms in total. The first-order chi connectivity index (χ1) is 9.56. The smallest absolute Gasteiger partial charge is 0.122 e. The minimum absolute atomic E-state index is 0.281. The molecule has 0 aliphatic carbocycles. The number of nitrogens with two attached hydrogens (primary N) is 1. The highest BCUT2D eigenvalue weighted by atomic mass is 32.1. The summed E-state index contributed by atoms with van der Waals surface area (Å²) >= 11 is 1.68. The zero-order valence-corrected chi connectivity index (χ0v) is 13.3. The van der Waals surface area contributed by atoms with Gasteiger partial charge in [0.2, 0.25) is 0 Å². The Kier molecular flexibility index (Phi) is 4.78. The van der Waals surface area contributed by atoms with E-state index < -0.39 is 0 Å². The van der Waals surface area contributed by atoms with Gasteiger partial charge in [0.05, 0.1) is 12.8 Å². The highest BCUT2D eigenvalue weighted by molar-refractivity contribution is 7.09. The van der Waals surface area contributed by atoms with Gasteiger partial charge in [0.15, 0.2) is 0 Å². The van der Waals surface area contributed by atoms with Gasteiger partial charge in [0.1, 0.15) is 10.8 Å². The largest absolute Gasteiger partial charge is 0.496 e. The van der Waals surface area contributed by atoms with Crippen LogP contribution in [0.4, 0.5) is 0 Å². The third-order valence-corrected chi connectivity index (χ3v) is 4.60. The van der Waals surface area contributed by atoms with E-state index in [1.807, 2.05) is 5.38 Å². The molecule has 0 radical (unpaired) electrons. The molecule has 0 aliphatic rings. The predicted molar refractivity (Wildman–Crippen MR) is 84.6 cm³/mol. The second-order valence-electron chi connectivity index (χ2n) is 5.26. The number of benzene rings is 1. The van der Waals surface area contributed by atoms with Crippen LogP contribution in [-0.4, -0.2) is 12.1 Å². The number of thiazole rings is 1. The van der Waals surface area contributed by atoms with E-state index in [4.69, 9.17) is 10.5 Å². The molecule has 0 fully saturated rings. The molecule has 1 unspecified atom stereocenters. The van der Waals surface area contributed by atoms with Gasteiger partial charge < -0.3 is 10.5 Å². The van der Waals surface area contributed by atoms with Crippen molar-refractivity contribution in [1.29, 1.82) is 0 Å². The van der Waals surface area contributed by atoms with Crippen LogP contribution in [-0.2, 0) is 6.54 Å². The summed E-state index contributed by atoms with van der Waals surface area (Å²) in [5.74, 6) is 1.68. The van der Waals surface area contributed by atoms with Crippen molar-refractivity contribution in [3.63, 3.8) is 0 Å². The summed E-state index contributed by atoms with van der Waals surface area (Å²) in [7, 11) is 1.72. The third-order valence-electron chi connectivity index (χ3n) is 3.52. The number of nitrogens with zero attached hydrogens (tertiary/aromatic N) is 1. The molecule has 0 saturated heterocycles. The summed E-state index contributed by atoms with van der Waals surface area (Å²) in [5, 5.41) is 3.16. The van der Waals surface area contributed by atoms with Crippen LogP contribution in [0.3, 0.4) is 0 Å². The minimum atomic E-state index is 0.281. The molecule has 0 saturated carbocycles. The first-order valence-electron chi connectivity index (χ1n) is 6.89. The molecule has 2 rings (SSSR count). The average Bonchev–Trinajstić information content (AvgIpc) is 2.94. The molecule has 0 aliphatic heterocycles. The monoisotopic (exact) mass is 290 g/mol. The second kappa shape index (κ2) is 6.37. The molecule has 1 heterocycles. The molecule has 2 aromatic rings. The Morgan fingerprint density at radius 2 is 2.05 bits per heavy atom. The normalized spacial score (nSPS) is 12.7. The number of hydrogen-bond acceptors (Lipinski definition) is 4. The fraction of sp³-hybridized carbons (Fsp3) is 0.438. The van der Waals surface area contributed by atoms with Gasteiger partial charge in [-0.05, 0) is 23.1 Å². The maximum absolute atomic E-state index is 5.63. The minimum Gasteiger partial charge on any atom is -0.496 e. The summed E-state index contributed by atoms with van der Waals surface area (Å²) < 4.78 is 5.44. The molecular formula is C16H22N2OS. The highest BCUT2D eigenvalue weighted by Crippen LogP contribution is 2.33. The molecule has 1 aromatic carbocycles. The highest BCUT2D eigenvalue weighted by Gasteiger charge is 2.16. The Morgan fingerprint density at radius 1 is 1.30 bits per heavy atom. The maximum atomic E-state index is 5.63. The van der Waals surface area contributed by atoms with Crippen molar-refractivity contribution in [2.75, 3.05) is 7.11 Å². The quantitative estimate of drug-likeness (QED) is 0.909. The van der Waals surface area contributed by atoms with Crippen LogP contribution in [0.5, 0.6) is 5.75 Å². The second-order valence-corrected chi connectivity index (χ2v) is 6.15. The molecule has 0 amide bonds. The van der Waals surface area contributed by atoms with E-state index in [0.717, 1.165) is 16.5 Å². The van der Waals surface area contributed by atoms with Gasteiger partial charge in [-0.25, -0.2) is 4.98 Å². The van der Waals surface area contributed by atoms with Gasteiger partial charge in [-0.3, -0.25) is 0 Å². The van der Waals surface area contributed by atoms with E-state index in [1.165, 1.54) is 11.1 Å². The number of ether oxygens (including phenoxy) is 1. The Hall–Kier alpha value is -1.39. The molecule has 1 atom stereocenters. The topological polar surface area (TPSA) is 48.1 Å². The van der Waals surface area contributed by atoms with E-state index in [2.05, 4.69) is 44.0 Å². The Balaban J connectivity index is 2.34. The number of methoxy groups -OCH3 is 1. The van der Waals surface area contributed by atoms with E-state index in [0.29, 0.717) is 12.5 Å². The lowest BCUT2D eigenvalue weighted by Gasteiger charge is -2.16. The van der Waals surface area contributed by atoms with Crippen LogP contribution in [0.25, 0.3) is 0 Å². The molecule has 0 spiro atoms. The van der Waals surface area contributed by atoms with Crippen molar-refractivity contribution in [3.8, 4) is 5.75 Å². The van der Waals surface area contributed by atoms with Crippen molar-refractivity contribution >= 4 is 11.3 Å². The summed E-state index contributed by atoms with van der Waals surface area (Å²) in [6, 6.07) is 6.41. The first-order valence-corrected chi connectivity index (χ1v) is 7.77. The van der Waals surface area contributed by atoms with Crippen molar-refractivity contribution in [2.45, 2.75) is 39.2 Å². The van der Waals surface area contributed by atoms with Crippen LogP contribution < -0.4 is 10.5 Å². The fourth-order valence-corrected chi connectivity index (χ4v) is 3.15. The lowest BCUT2D eigenvalue weighted by molar-refractivity contribution is 0.407. The molecule has 0 bridgehead atoms. The fourth-order valence-electron chi connectivity index (χ4n) is 2.23. The lowest BCUT2D eigenvalue weighted by atomic mass is 9.94. The van der Waals surface area contributed by atoms with Gasteiger partial charge in [0, 0.05) is 17.8 Å². The molecule has 108 valence electrons. The van der Waals surface area contributed by atoms with E-state index in [1.54, 1.807) is 18.4 Å². The Labute approximate surface area is 124 Å². The number of rotatable bonds is 5. The lowest BCUT2D eigenvalue weighted by Crippen LogP contribution is -2.01. The van der Waals surface area contributed by atoms with Crippen LogP contribution in [0.2, 0.25) is 0 Å². The first kappa shape index (κ1) is 15.0. The Bertz CT molecular complexity index is 578. The van der Waals surface area contributed by atoms with Crippen molar-refractivity contribution in [3.05, 3.63) is 45.4 Å². The van der Waals surface area contributed by atoms with E-state index in [9.17, 15) is 0 Å². The SMILES string of the molecule is COc1ccc(C(C)c2nc(CN)cs2)cc1C(C)C. The summed E-state index contributed by atoms with van der Waals surface area (Å²) in [4.78, 5) is 4.58. The van der Waals surface area contributed by atoms with Crippen molar-refractivity contribution in [2.24, 2.45) is 5.73 Å². The average molecular weight is 290 g/mol. The molecule has 20 heavy (non-hydrogen) atoms. The zero-order valence-electron chi connectivity index (χ0n) is 12.5. The van der Waals surface area contributed by atoms with E-state index >= 15 is 0 Å². The number of hydrogen-bond donors (Lipinski definition) is 1. The Morgan fingerprint density at radius 3 is 2.60 bits per heavy atom. The standard InChI is InChI=1S/C16H22N2OS/c1-10(2)14-7-12(5-6-15(14)19-4)11(3)16-18-13(8-17)9-20-16/h5-7,9-11H,8,17H2,1-4H3. The van der Waals surface area contributed by atoms with Gasteiger partial charge in [-0.15, -0.1) is 11.3 Å². The van der Waals surface area contributed by atoms with Gasteiger partial charge in [-0.2, -0.15) is 0 Å². The number of aromatic nitrogens is 1. The van der Waals surface area contributed by atoms with Gasteiger partial charge in [0.25, 0.3) is 0 Å². The van der Waals surface area contributed by atoms with Crippen LogP contribution in [0, 0.1) is 0 Å². The van der Waals surface area contributed by atoms with E-state index in [-0.39, 0.29) is 5.92 Å². The third kappa shape index (κ3) is 3.02. The zero-order chi connectivity index (χ0) is 14.7. The molecule has 2 N–H and O–H groups in total. The van der Waals surface area contributed by atoms with Gasteiger partial charge >= 0.3 is 0 Å². The van der Waals surface area contributed by atoms with Gasteiger partial charge in [-0.1, -0.05) is 32.9 Å². The van der Waals surface area contributed by atoms with Crippen molar-refractivity contribution in [1.82, 2.24) is 4.98 Å². The molecule has 1 aromatic heterocycles. The predicted octanol–water partition coefficient (Wildman–Crippen LogP) is 3.89. The summed E-state index contributed by atoms with van der Waals surface area (Å²) in [6.45, 7) is 7.05. The van der Waals surface area contributed by atoms with Crippen LogP contribution in [0.15, 0.2) is 23.6 Å². The molecule has 4 heteroatoms. The van der Waals surface area contributed by atoms with Crippen LogP contribution >= 0.6 is 11.3 Å². The van der Waals surface area contributed by atoms with Crippen LogP contribution in [0.1, 0.15) is 54.4 Å². The molecular weight excluding hydrogens is 268 g/mol. The van der Waals surface area contributed by atoms with Crippen molar-refractivity contribution < 1.29 is 4.74 Å². The summed E-state index contributed by atoms with van der Waals surface area (Å²) in [5.41, 5.74) is 9.11. The summed E-state index contributed by atoms with van der Waals surface area (Å²) in [6.07, 6.45) is 0. The maximum Gasteiger partial charge on any atom is 0.122 e.